The van der Waals surface area contributed by atoms with Gasteiger partial charge < -0.3 is 19.9 Å². The van der Waals surface area contributed by atoms with Crippen molar-refractivity contribution in [2.24, 2.45) is 5.73 Å². The van der Waals surface area contributed by atoms with Gasteiger partial charge in [-0.1, -0.05) is 6.07 Å². The zero-order valence-electron chi connectivity index (χ0n) is 10.7. The maximum Gasteiger partial charge on any atom is 0.161 e. The summed E-state index contributed by atoms with van der Waals surface area (Å²) in [6.07, 6.45) is 0.897. The Morgan fingerprint density at radius 2 is 2.00 bits per heavy atom. The summed E-state index contributed by atoms with van der Waals surface area (Å²) in [7, 11) is 3.30. The smallest absolute Gasteiger partial charge is 0.161 e. The molecule has 0 aliphatic rings. The third kappa shape index (κ3) is 4.24. The van der Waals surface area contributed by atoms with Gasteiger partial charge in [0.1, 0.15) is 6.61 Å². The molecular formula is C13H21NO3. The average molecular weight is 239 g/mol. The zero-order chi connectivity index (χ0) is 12.7. The molecular weight excluding hydrogens is 218 g/mol. The van der Waals surface area contributed by atoms with Crippen LogP contribution in [0.2, 0.25) is 0 Å². The van der Waals surface area contributed by atoms with Gasteiger partial charge >= 0.3 is 0 Å². The highest BCUT2D eigenvalue weighted by Gasteiger charge is 2.07. The molecule has 0 fully saturated rings. The topological polar surface area (TPSA) is 53.7 Å². The van der Waals surface area contributed by atoms with Crippen LogP contribution in [-0.4, -0.2) is 33.5 Å². The Kier molecular flexibility index (Phi) is 5.80. The Bertz CT molecular complexity index is 341. The third-order valence-electron chi connectivity index (χ3n) is 2.54. The zero-order valence-corrected chi connectivity index (χ0v) is 10.7. The number of benzene rings is 1. The molecule has 1 aromatic carbocycles. The van der Waals surface area contributed by atoms with Crippen LogP contribution in [0.15, 0.2) is 18.2 Å². The van der Waals surface area contributed by atoms with E-state index in [1.54, 1.807) is 14.2 Å². The fourth-order valence-electron chi connectivity index (χ4n) is 1.43. The van der Waals surface area contributed by atoms with Crippen LogP contribution in [0.1, 0.15) is 12.5 Å². The number of hydrogen-bond donors (Lipinski definition) is 1. The van der Waals surface area contributed by atoms with Gasteiger partial charge in [-0.25, -0.2) is 0 Å². The first-order valence-electron chi connectivity index (χ1n) is 5.73. The van der Waals surface area contributed by atoms with E-state index in [4.69, 9.17) is 19.9 Å². The van der Waals surface area contributed by atoms with E-state index in [0.717, 1.165) is 23.5 Å². The van der Waals surface area contributed by atoms with Gasteiger partial charge in [0.25, 0.3) is 0 Å². The van der Waals surface area contributed by atoms with E-state index in [1.165, 1.54) is 0 Å². The normalized spacial score (nSPS) is 12.2. The van der Waals surface area contributed by atoms with E-state index in [0.29, 0.717) is 13.2 Å². The molecule has 0 aromatic heterocycles. The molecule has 1 rings (SSSR count). The summed E-state index contributed by atoms with van der Waals surface area (Å²) in [6, 6.07) is 5.87. The highest BCUT2D eigenvalue weighted by Crippen LogP contribution is 2.28. The van der Waals surface area contributed by atoms with Crippen LogP contribution in [0.25, 0.3) is 0 Å². The summed E-state index contributed by atoms with van der Waals surface area (Å²) in [5.74, 6) is 1.47. The van der Waals surface area contributed by atoms with Gasteiger partial charge in [0.2, 0.25) is 0 Å². The van der Waals surface area contributed by atoms with Crippen molar-refractivity contribution in [3.05, 3.63) is 23.8 Å². The number of nitrogens with two attached hydrogens (primary N) is 1. The van der Waals surface area contributed by atoms with Crippen LogP contribution in [0.4, 0.5) is 0 Å². The fourth-order valence-corrected chi connectivity index (χ4v) is 1.43. The maximum atomic E-state index is 5.63. The van der Waals surface area contributed by atoms with Gasteiger partial charge in [-0.05, 0) is 37.6 Å². The van der Waals surface area contributed by atoms with Crippen molar-refractivity contribution >= 4 is 0 Å². The predicted octanol–water partition coefficient (Wildman–Crippen LogP) is 1.61. The molecule has 1 aromatic rings. The summed E-state index contributed by atoms with van der Waals surface area (Å²) in [4.78, 5) is 0. The van der Waals surface area contributed by atoms with Crippen molar-refractivity contribution in [1.82, 2.24) is 0 Å². The lowest BCUT2D eigenvalue weighted by atomic mass is 10.1. The van der Waals surface area contributed by atoms with E-state index in [2.05, 4.69) is 0 Å². The first kappa shape index (κ1) is 13.8. The van der Waals surface area contributed by atoms with Gasteiger partial charge in [-0.3, -0.25) is 0 Å². The Labute approximate surface area is 103 Å². The summed E-state index contributed by atoms with van der Waals surface area (Å²) >= 11 is 0. The molecule has 4 heteroatoms. The van der Waals surface area contributed by atoms with Gasteiger partial charge in [0.15, 0.2) is 11.5 Å². The first-order valence-corrected chi connectivity index (χ1v) is 5.73. The Hall–Kier alpha value is -1.26. The van der Waals surface area contributed by atoms with E-state index in [9.17, 15) is 0 Å². The molecule has 1 atom stereocenters. The average Bonchev–Trinajstić information content (AvgIpc) is 2.36. The van der Waals surface area contributed by atoms with E-state index >= 15 is 0 Å². The van der Waals surface area contributed by atoms with Crippen molar-refractivity contribution in [2.75, 3.05) is 27.4 Å². The fraction of sp³-hybridized carbons (Fsp3) is 0.538. The first-order chi connectivity index (χ1) is 8.21. The quantitative estimate of drug-likeness (QED) is 0.785. The van der Waals surface area contributed by atoms with Gasteiger partial charge in [-0.2, -0.15) is 0 Å². The second-order valence-electron chi connectivity index (χ2n) is 3.88. The molecule has 1 unspecified atom stereocenters. The number of ether oxygens (including phenoxy) is 3. The molecule has 4 nitrogen and oxygen atoms in total. The lowest BCUT2D eigenvalue weighted by Crippen LogP contribution is -2.16. The molecule has 17 heavy (non-hydrogen) atoms. The minimum Gasteiger partial charge on any atom is -0.493 e. The summed E-state index contributed by atoms with van der Waals surface area (Å²) in [6.45, 7) is 3.09. The minimum absolute atomic E-state index is 0.0587. The summed E-state index contributed by atoms with van der Waals surface area (Å²) in [5, 5.41) is 0. The van der Waals surface area contributed by atoms with Crippen LogP contribution >= 0.6 is 0 Å². The molecule has 0 aliphatic carbocycles. The largest absolute Gasteiger partial charge is 0.493 e. The van der Waals surface area contributed by atoms with Crippen molar-refractivity contribution in [3.63, 3.8) is 0 Å². The number of hydrogen-bond acceptors (Lipinski definition) is 4. The number of rotatable bonds is 7. The second kappa shape index (κ2) is 7.14. The van der Waals surface area contributed by atoms with Crippen LogP contribution in [0.3, 0.4) is 0 Å². The SMILES string of the molecule is COc1cc(CCN)ccc1OCC(C)OC. The van der Waals surface area contributed by atoms with Crippen LogP contribution in [-0.2, 0) is 11.2 Å². The minimum atomic E-state index is 0.0587. The molecule has 0 aliphatic heterocycles. The Balaban J connectivity index is 2.71. The Morgan fingerprint density at radius 1 is 1.24 bits per heavy atom. The highest BCUT2D eigenvalue weighted by atomic mass is 16.5. The van der Waals surface area contributed by atoms with Crippen molar-refractivity contribution in [2.45, 2.75) is 19.4 Å². The third-order valence-corrected chi connectivity index (χ3v) is 2.54. The lowest BCUT2D eigenvalue weighted by Gasteiger charge is -2.14. The van der Waals surface area contributed by atoms with Crippen molar-refractivity contribution < 1.29 is 14.2 Å². The van der Waals surface area contributed by atoms with Gasteiger partial charge in [0.05, 0.1) is 13.2 Å². The molecule has 0 saturated carbocycles. The van der Waals surface area contributed by atoms with Crippen molar-refractivity contribution in [3.8, 4) is 11.5 Å². The summed E-state index contributed by atoms with van der Waals surface area (Å²) in [5.41, 5.74) is 6.67. The monoisotopic (exact) mass is 239 g/mol. The Morgan fingerprint density at radius 3 is 2.59 bits per heavy atom. The number of methoxy groups -OCH3 is 2. The van der Waals surface area contributed by atoms with E-state index < -0.39 is 0 Å². The van der Waals surface area contributed by atoms with Crippen LogP contribution in [0, 0.1) is 0 Å². The maximum absolute atomic E-state index is 5.63. The summed E-state index contributed by atoms with van der Waals surface area (Å²) < 4.78 is 16.0. The van der Waals surface area contributed by atoms with E-state index in [-0.39, 0.29) is 6.10 Å². The van der Waals surface area contributed by atoms with E-state index in [1.807, 2.05) is 25.1 Å². The standard InChI is InChI=1S/C13H21NO3/c1-10(15-2)9-17-12-5-4-11(6-7-14)8-13(12)16-3/h4-5,8,10H,6-7,9,14H2,1-3H3. The lowest BCUT2D eigenvalue weighted by molar-refractivity contribution is 0.0706. The molecule has 2 N–H and O–H groups in total. The van der Waals surface area contributed by atoms with Crippen molar-refractivity contribution in [1.29, 1.82) is 0 Å². The molecule has 0 bridgehead atoms. The van der Waals surface area contributed by atoms with Gasteiger partial charge in [0, 0.05) is 7.11 Å². The van der Waals surface area contributed by atoms with Gasteiger partial charge in [-0.15, -0.1) is 0 Å². The van der Waals surface area contributed by atoms with Crippen LogP contribution < -0.4 is 15.2 Å². The molecule has 0 radical (unpaired) electrons. The molecule has 0 saturated heterocycles. The van der Waals surface area contributed by atoms with Crippen LogP contribution in [0.5, 0.6) is 11.5 Å². The molecule has 96 valence electrons. The predicted molar refractivity (Wildman–Crippen MR) is 67.7 cm³/mol. The molecule has 0 spiro atoms. The highest BCUT2D eigenvalue weighted by molar-refractivity contribution is 5.43. The molecule has 0 heterocycles. The second-order valence-corrected chi connectivity index (χ2v) is 3.88. The molecule has 0 amide bonds.